The van der Waals surface area contributed by atoms with Crippen LogP contribution in [0, 0.1) is 56.2 Å². The number of rotatable bonds is 12. The molecule has 320 valence electrons. The van der Waals surface area contributed by atoms with Gasteiger partial charge >= 0.3 is 5.97 Å². The summed E-state index contributed by atoms with van der Waals surface area (Å²) in [5.74, 6) is -0.420. The van der Waals surface area contributed by atoms with E-state index in [1.54, 1.807) is 0 Å². The third kappa shape index (κ3) is 6.79. The van der Waals surface area contributed by atoms with Crippen LogP contribution in [0.15, 0.2) is 42.0 Å². The van der Waals surface area contributed by atoms with Crippen LogP contribution in [0.2, 0.25) is 0 Å². The van der Waals surface area contributed by atoms with Gasteiger partial charge in [0.2, 0.25) is 0 Å². The lowest BCUT2D eigenvalue weighted by Crippen LogP contribution is -2.70. The average molecular weight is 797 g/mol. The van der Waals surface area contributed by atoms with Crippen molar-refractivity contribution in [1.29, 1.82) is 0 Å². The molecule has 6 N–H and O–H groups in total. The van der Waals surface area contributed by atoms with Crippen LogP contribution < -0.4 is 0 Å². The normalized spacial score (nSPS) is 48.2. The topological polar surface area (TPSA) is 166 Å². The lowest BCUT2D eigenvalue weighted by molar-refractivity contribution is -0.333. The molecule has 1 aromatic rings. The van der Waals surface area contributed by atoms with E-state index in [1.165, 1.54) is 5.57 Å². The van der Waals surface area contributed by atoms with Gasteiger partial charge in [0.1, 0.15) is 18.3 Å². The molecule has 0 spiro atoms. The van der Waals surface area contributed by atoms with Gasteiger partial charge < -0.3 is 44.8 Å². The minimum Gasteiger partial charge on any atom is -0.481 e. The fourth-order valence-corrected chi connectivity index (χ4v) is 14.3. The number of aliphatic carboxylic acids is 1. The van der Waals surface area contributed by atoms with Crippen molar-refractivity contribution in [3.8, 4) is 0 Å². The standard InChI is InChI=1S/C47H72O10/c1-7-8-10-15-30-22-47(41(53)54)21-20-42(2,27-48)23-32(47)31-16-17-36-43(3)24-34(55-25-29-13-11-9-12-14-29)39(57-40-38(52)37(51)33(50)26-56-40)44(4,28-49)35(43)18-19-45(36,5)46(30,31)6/h9,11-14,16,30,32-40,48-52H,7-8,10,15,17-28H2,1-6H3,(H,53,54)/t30-,32-,33+,34+,35-,36+,37-,38+,39+,40-,42-,43-,44-,45+,46+,47-/m0/s1. The highest BCUT2D eigenvalue weighted by molar-refractivity contribution is 5.77. The zero-order chi connectivity index (χ0) is 41.2. The number of carbonyl (C=O) groups is 1. The number of aliphatic hydroxyl groups is 5. The Morgan fingerprint density at radius 3 is 2.30 bits per heavy atom. The molecule has 0 aromatic heterocycles. The van der Waals surface area contributed by atoms with Crippen LogP contribution in [0.4, 0.5) is 0 Å². The second kappa shape index (κ2) is 15.9. The molecule has 10 heteroatoms. The fraction of sp³-hybridized carbons (Fsp3) is 0.809. The van der Waals surface area contributed by atoms with Gasteiger partial charge in [-0.1, -0.05) is 103 Å². The van der Waals surface area contributed by atoms with Gasteiger partial charge in [0, 0.05) is 12.0 Å². The molecule has 1 saturated heterocycles. The zero-order valence-corrected chi connectivity index (χ0v) is 35.4. The van der Waals surface area contributed by atoms with Crippen molar-refractivity contribution in [3.63, 3.8) is 0 Å². The number of carboxylic acids is 1. The van der Waals surface area contributed by atoms with Crippen LogP contribution in [-0.4, -0.2) is 93.2 Å². The average Bonchev–Trinajstić information content (AvgIpc) is 3.19. The quantitative estimate of drug-likeness (QED) is 0.0767. The number of hydrogen-bond acceptors (Lipinski definition) is 9. The highest BCUT2D eigenvalue weighted by Crippen LogP contribution is 2.77. The Labute approximate surface area is 340 Å². The van der Waals surface area contributed by atoms with Gasteiger partial charge in [-0.05, 0) is 109 Å². The predicted octanol–water partition coefficient (Wildman–Crippen LogP) is 6.64. The molecule has 4 saturated carbocycles. The molecule has 7 rings (SSSR count). The Morgan fingerprint density at radius 1 is 0.895 bits per heavy atom. The van der Waals surface area contributed by atoms with Crippen LogP contribution in [0.3, 0.4) is 0 Å². The van der Waals surface area contributed by atoms with Crippen LogP contribution in [-0.2, 0) is 25.6 Å². The van der Waals surface area contributed by atoms with Gasteiger partial charge in [0.25, 0.3) is 0 Å². The van der Waals surface area contributed by atoms with Gasteiger partial charge in [-0.25, -0.2) is 0 Å². The van der Waals surface area contributed by atoms with Crippen LogP contribution >= 0.6 is 0 Å². The molecule has 5 fully saturated rings. The van der Waals surface area contributed by atoms with E-state index in [1.807, 2.05) is 30.3 Å². The summed E-state index contributed by atoms with van der Waals surface area (Å²) >= 11 is 0. The maximum absolute atomic E-state index is 13.6. The van der Waals surface area contributed by atoms with Gasteiger partial charge in [0.15, 0.2) is 6.29 Å². The molecule has 1 heterocycles. The maximum Gasteiger partial charge on any atom is 0.310 e. The molecule has 57 heavy (non-hydrogen) atoms. The molecular weight excluding hydrogens is 725 g/mol. The predicted molar refractivity (Wildman–Crippen MR) is 216 cm³/mol. The minimum atomic E-state index is -1.47. The number of carboxylic acid groups (broad SMARTS) is 1. The third-order valence-corrected chi connectivity index (χ3v) is 17.8. The van der Waals surface area contributed by atoms with Crippen molar-refractivity contribution < 1.29 is 49.6 Å². The van der Waals surface area contributed by atoms with E-state index in [9.17, 15) is 35.4 Å². The van der Waals surface area contributed by atoms with Crippen molar-refractivity contribution in [3.05, 3.63) is 47.5 Å². The largest absolute Gasteiger partial charge is 0.481 e. The summed E-state index contributed by atoms with van der Waals surface area (Å²) < 4.78 is 19.4. The molecule has 1 aromatic carbocycles. The molecule has 16 atom stereocenters. The summed E-state index contributed by atoms with van der Waals surface area (Å²) in [6.07, 6.45) is 6.01. The number of fused-ring (bicyclic) bond motifs is 7. The molecule has 0 bridgehead atoms. The van der Waals surface area contributed by atoms with E-state index >= 15 is 0 Å². The molecule has 0 unspecified atom stereocenters. The second-order valence-corrected chi connectivity index (χ2v) is 20.8. The van der Waals surface area contributed by atoms with Crippen molar-refractivity contribution in [2.24, 2.45) is 56.2 Å². The first-order valence-corrected chi connectivity index (χ1v) is 22.1. The van der Waals surface area contributed by atoms with E-state index in [0.717, 1.165) is 50.5 Å². The molecule has 10 nitrogen and oxygen atoms in total. The maximum atomic E-state index is 13.6. The smallest absolute Gasteiger partial charge is 0.310 e. The Bertz CT molecular complexity index is 1620. The minimum absolute atomic E-state index is 0.0112. The Kier molecular flexibility index (Phi) is 12.0. The first-order valence-electron chi connectivity index (χ1n) is 22.1. The van der Waals surface area contributed by atoms with E-state index in [4.69, 9.17) is 14.2 Å². The van der Waals surface area contributed by atoms with Crippen molar-refractivity contribution in [2.75, 3.05) is 19.8 Å². The van der Waals surface area contributed by atoms with Crippen LogP contribution in [0.1, 0.15) is 124 Å². The summed E-state index contributed by atoms with van der Waals surface area (Å²) in [5.41, 5.74) is -0.421. The van der Waals surface area contributed by atoms with Crippen molar-refractivity contribution in [2.45, 2.75) is 162 Å². The number of benzene rings is 1. The SMILES string of the molecule is CCCCC[C@H]1C[C@@]2(C(=O)O)CC[C@](C)(CO)C[C@H]2C2=CC[C@@H]3[C@@]4(C)C[C@@H](OCc5ccccc5)[C@@H](O[C@@H]5OC[C@@H](O)[C@H](O)[C@H]5O)[C@@](C)(CO)[C@H]4CC[C@@]3(C)[C@@]21C. The molecule has 0 radical (unpaired) electrons. The number of unbranched alkanes of at least 4 members (excludes halogenated alkanes) is 2. The lowest BCUT2D eigenvalue weighted by atomic mass is 9.31. The summed E-state index contributed by atoms with van der Waals surface area (Å²) in [7, 11) is 0. The number of allylic oxidation sites excluding steroid dienone is 2. The Morgan fingerprint density at radius 2 is 1.63 bits per heavy atom. The second-order valence-electron chi connectivity index (χ2n) is 20.8. The first-order chi connectivity index (χ1) is 27.0. The summed E-state index contributed by atoms with van der Waals surface area (Å²) in [6.45, 7) is 13.8. The number of aliphatic hydroxyl groups excluding tert-OH is 5. The first kappa shape index (κ1) is 43.2. The zero-order valence-electron chi connectivity index (χ0n) is 35.4. The van der Waals surface area contributed by atoms with E-state index in [0.29, 0.717) is 38.7 Å². The fourth-order valence-electron chi connectivity index (χ4n) is 14.3. The van der Waals surface area contributed by atoms with Gasteiger partial charge in [-0.2, -0.15) is 0 Å². The van der Waals surface area contributed by atoms with E-state index in [-0.39, 0.29) is 65.2 Å². The van der Waals surface area contributed by atoms with Gasteiger partial charge in [-0.15, -0.1) is 0 Å². The lowest BCUT2D eigenvalue weighted by Gasteiger charge is -2.73. The summed E-state index contributed by atoms with van der Waals surface area (Å²) in [6, 6.07) is 9.99. The molecule has 5 aliphatic carbocycles. The summed E-state index contributed by atoms with van der Waals surface area (Å²) in [5, 5.41) is 65.3. The number of ether oxygens (including phenoxy) is 3. The highest BCUT2D eigenvalue weighted by Gasteiger charge is 2.73. The van der Waals surface area contributed by atoms with Crippen molar-refractivity contribution in [1.82, 2.24) is 0 Å². The summed E-state index contributed by atoms with van der Waals surface area (Å²) in [4.78, 5) is 13.6. The highest BCUT2D eigenvalue weighted by atomic mass is 16.7. The Balaban J connectivity index is 1.31. The van der Waals surface area contributed by atoms with Crippen LogP contribution in [0.25, 0.3) is 0 Å². The van der Waals surface area contributed by atoms with E-state index < -0.39 is 53.6 Å². The Hall–Kier alpha value is -1.89. The van der Waals surface area contributed by atoms with Gasteiger partial charge in [-0.3, -0.25) is 4.79 Å². The van der Waals surface area contributed by atoms with E-state index in [2.05, 4.69) is 47.6 Å². The van der Waals surface area contributed by atoms with Crippen molar-refractivity contribution >= 4 is 5.97 Å². The molecule has 6 aliphatic rings. The third-order valence-electron chi connectivity index (χ3n) is 17.8. The van der Waals surface area contributed by atoms with Crippen LogP contribution in [0.5, 0.6) is 0 Å². The molecule has 1 aliphatic heterocycles. The number of hydrogen-bond donors (Lipinski definition) is 6. The molecular formula is C47H72O10. The molecule has 0 amide bonds. The van der Waals surface area contributed by atoms with Gasteiger partial charge in [0.05, 0.1) is 37.4 Å². The monoisotopic (exact) mass is 797 g/mol.